The summed E-state index contributed by atoms with van der Waals surface area (Å²) in [5, 5.41) is 10.5. The zero-order chi connectivity index (χ0) is 22.4. The molecule has 1 aromatic carbocycles. The van der Waals surface area contributed by atoms with Crippen LogP contribution in [0.15, 0.2) is 34.7 Å². The molecule has 0 saturated heterocycles. The number of esters is 1. The van der Waals surface area contributed by atoms with Crippen LogP contribution in [0.1, 0.15) is 64.2 Å². The van der Waals surface area contributed by atoms with E-state index in [0.29, 0.717) is 17.7 Å². The highest BCUT2D eigenvalue weighted by atomic mass is 16.6. The normalized spacial score (nSPS) is 15.0. The van der Waals surface area contributed by atoms with Crippen LogP contribution in [0.5, 0.6) is 0 Å². The van der Waals surface area contributed by atoms with Gasteiger partial charge in [0.2, 0.25) is 11.6 Å². The van der Waals surface area contributed by atoms with Crippen LogP contribution >= 0.6 is 0 Å². The number of furan rings is 1. The Labute approximate surface area is 180 Å². The average molecular weight is 429 g/mol. The van der Waals surface area contributed by atoms with Crippen LogP contribution in [-0.4, -0.2) is 67.0 Å². The maximum atomic E-state index is 12.6. The van der Waals surface area contributed by atoms with Crippen molar-refractivity contribution >= 4 is 17.5 Å². The molecular weight excluding hydrogens is 402 g/mol. The number of aliphatic hydroxyl groups excluding tert-OH is 1. The molecular formula is C23H27NO7. The van der Waals surface area contributed by atoms with E-state index in [2.05, 4.69) is 18.7 Å². The molecule has 0 amide bonds. The summed E-state index contributed by atoms with van der Waals surface area (Å²) in [6.07, 6.45) is -1.60. The van der Waals surface area contributed by atoms with Gasteiger partial charge in [-0.1, -0.05) is 38.1 Å². The Kier molecular flexibility index (Phi) is 7.73. The van der Waals surface area contributed by atoms with Crippen molar-refractivity contribution in [2.75, 3.05) is 39.5 Å². The summed E-state index contributed by atoms with van der Waals surface area (Å²) in [7, 11) is 0. The number of ether oxygens (including phenoxy) is 2. The number of hydrogen-bond acceptors (Lipinski definition) is 8. The lowest BCUT2D eigenvalue weighted by molar-refractivity contribution is -0.144. The van der Waals surface area contributed by atoms with Gasteiger partial charge in [0.25, 0.3) is 0 Å². The molecule has 1 heterocycles. The largest absolute Gasteiger partial charge is 0.463 e. The molecule has 0 bridgehead atoms. The van der Waals surface area contributed by atoms with Crippen LogP contribution in [0.2, 0.25) is 0 Å². The van der Waals surface area contributed by atoms with Crippen LogP contribution in [0, 0.1) is 0 Å². The van der Waals surface area contributed by atoms with Gasteiger partial charge in [0.15, 0.2) is 11.5 Å². The first-order chi connectivity index (χ1) is 15.0. The summed E-state index contributed by atoms with van der Waals surface area (Å²) < 4.78 is 15.9. The molecule has 3 rings (SSSR count). The number of fused-ring (bicyclic) bond motifs is 2. The minimum atomic E-state index is -1.07. The molecule has 0 fully saturated rings. The second-order valence-corrected chi connectivity index (χ2v) is 7.17. The Bertz CT molecular complexity index is 945. The summed E-state index contributed by atoms with van der Waals surface area (Å²) in [6.45, 7) is 7.68. The topological polar surface area (TPSA) is 106 Å². The predicted octanol–water partition coefficient (Wildman–Crippen LogP) is 2.38. The SMILES string of the molecule is CCN(CC)CCOCCOC(=O)CC(=O)c1cc2c(o1)C(=O)c1ccccc1C2O. The molecule has 166 valence electrons. The third kappa shape index (κ3) is 5.28. The Morgan fingerprint density at radius 2 is 1.84 bits per heavy atom. The van der Waals surface area contributed by atoms with Crippen LogP contribution in [-0.2, 0) is 14.3 Å². The summed E-state index contributed by atoms with van der Waals surface area (Å²) >= 11 is 0. The number of Topliss-reactive ketones (excluding diaryl/α,β-unsaturated/α-hetero) is 1. The van der Waals surface area contributed by atoms with E-state index in [-0.39, 0.29) is 30.3 Å². The highest BCUT2D eigenvalue weighted by Crippen LogP contribution is 2.36. The fraction of sp³-hybridized carbons (Fsp3) is 0.435. The lowest BCUT2D eigenvalue weighted by atomic mass is 9.87. The number of nitrogens with zero attached hydrogens (tertiary/aromatic N) is 1. The predicted molar refractivity (Wildman–Crippen MR) is 111 cm³/mol. The van der Waals surface area contributed by atoms with Crippen molar-refractivity contribution in [1.29, 1.82) is 0 Å². The molecule has 31 heavy (non-hydrogen) atoms. The molecule has 1 unspecified atom stereocenters. The van der Waals surface area contributed by atoms with Gasteiger partial charge in [-0.15, -0.1) is 0 Å². The number of benzene rings is 1. The molecule has 1 aliphatic rings. The van der Waals surface area contributed by atoms with Crippen LogP contribution in [0.25, 0.3) is 0 Å². The van der Waals surface area contributed by atoms with Crippen LogP contribution in [0.3, 0.4) is 0 Å². The van der Waals surface area contributed by atoms with Crippen molar-refractivity contribution in [3.05, 3.63) is 58.5 Å². The average Bonchev–Trinajstić information content (AvgIpc) is 3.23. The standard InChI is InChI=1S/C23H27NO7/c1-3-24(4-2)9-10-29-11-12-30-20(26)14-18(25)19-13-17-21(27)15-7-5-6-8-16(15)22(28)23(17)31-19/h5-8,13,21,27H,3-4,9-12,14H2,1-2H3. The zero-order valence-electron chi connectivity index (χ0n) is 17.8. The van der Waals surface area contributed by atoms with E-state index >= 15 is 0 Å². The maximum Gasteiger partial charge on any atom is 0.313 e. The Morgan fingerprint density at radius 3 is 2.58 bits per heavy atom. The van der Waals surface area contributed by atoms with E-state index in [1.165, 1.54) is 6.07 Å². The summed E-state index contributed by atoms with van der Waals surface area (Å²) in [5.41, 5.74) is 1.01. The lowest BCUT2D eigenvalue weighted by Crippen LogP contribution is -2.27. The summed E-state index contributed by atoms with van der Waals surface area (Å²) in [6, 6.07) is 7.97. The first-order valence-electron chi connectivity index (χ1n) is 10.4. The maximum absolute atomic E-state index is 12.6. The summed E-state index contributed by atoms with van der Waals surface area (Å²) in [5.74, 6) is -1.96. The van der Waals surface area contributed by atoms with Gasteiger partial charge in [0, 0.05) is 17.7 Å². The summed E-state index contributed by atoms with van der Waals surface area (Å²) in [4.78, 5) is 39.2. The van der Waals surface area contributed by atoms with Crippen molar-refractivity contribution in [3.8, 4) is 0 Å². The number of carbonyl (C=O) groups is 3. The monoisotopic (exact) mass is 429 g/mol. The van der Waals surface area contributed by atoms with E-state index in [1.54, 1.807) is 24.3 Å². The molecule has 0 aliphatic heterocycles. The third-order valence-electron chi connectivity index (χ3n) is 5.28. The lowest BCUT2D eigenvalue weighted by Gasteiger charge is -2.19. The van der Waals surface area contributed by atoms with Gasteiger partial charge in [-0.25, -0.2) is 0 Å². The molecule has 0 saturated carbocycles. The third-order valence-corrected chi connectivity index (χ3v) is 5.28. The minimum Gasteiger partial charge on any atom is -0.463 e. The fourth-order valence-corrected chi connectivity index (χ4v) is 3.47. The van der Waals surface area contributed by atoms with E-state index < -0.39 is 30.1 Å². The molecule has 8 nitrogen and oxygen atoms in total. The molecule has 0 spiro atoms. The van der Waals surface area contributed by atoms with Crippen molar-refractivity contribution in [2.24, 2.45) is 0 Å². The smallest absolute Gasteiger partial charge is 0.313 e. The van der Waals surface area contributed by atoms with Gasteiger partial charge in [-0.3, -0.25) is 14.4 Å². The number of carbonyl (C=O) groups excluding carboxylic acids is 3. The second kappa shape index (κ2) is 10.5. The highest BCUT2D eigenvalue weighted by molar-refractivity contribution is 6.12. The number of aliphatic hydroxyl groups is 1. The first kappa shape index (κ1) is 22.9. The molecule has 1 N–H and O–H groups in total. The van der Waals surface area contributed by atoms with Gasteiger partial charge in [-0.2, -0.15) is 0 Å². The number of ketones is 2. The molecule has 1 aliphatic carbocycles. The van der Waals surface area contributed by atoms with Crippen molar-refractivity contribution in [3.63, 3.8) is 0 Å². The van der Waals surface area contributed by atoms with E-state index in [4.69, 9.17) is 13.9 Å². The van der Waals surface area contributed by atoms with Gasteiger partial charge < -0.3 is 23.9 Å². The molecule has 2 aromatic rings. The van der Waals surface area contributed by atoms with Gasteiger partial charge in [-0.05, 0) is 24.7 Å². The minimum absolute atomic E-state index is 0.0472. The molecule has 1 atom stereocenters. The Morgan fingerprint density at radius 1 is 1.10 bits per heavy atom. The first-order valence-corrected chi connectivity index (χ1v) is 10.4. The highest BCUT2D eigenvalue weighted by Gasteiger charge is 2.34. The van der Waals surface area contributed by atoms with Gasteiger partial charge in [0.1, 0.15) is 19.1 Å². The van der Waals surface area contributed by atoms with Crippen molar-refractivity contribution in [1.82, 2.24) is 4.90 Å². The van der Waals surface area contributed by atoms with E-state index in [0.717, 1.165) is 19.6 Å². The van der Waals surface area contributed by atoms with E-state index in [9.17, 15) is 19.5 Å². The van der Waals surface area contributed by atoms with Crippen LogP contribution < -0.4 is 0 Å². The molecule has 0 radical (unpaired) electrons. The number of rotatable bonds is 11. The van der Waals surface area contributed by atoms with Crippen molar-refractivity contribution in [2.45, 2.75) is 26.4 Å². The van der Waals surface area contributed by atoms with E-state index in [1.807, 2.05) is 0 Å². The number of likely N-dealkylation sites (N-methyl/N-ethyl adjacent to an activating group) is 1. The zero-order valence-corrected chi connectivity index (χ0v) is 17.8. The van der Waals surface area contributed by atoms with Gasteiger partial charge >= 0.3 is 5.97 Å². The molecule has 8 heteroatoms. The Hall–Kier alpha value is -2.81. The second-order valence-electron chi connectivity index (χ2n) is 7.17. The molecule has 1 aromatic heterocycles. The van der Waals surface area contributed by atoms with Crippen LogP contribution in [0.4, 0.5) is 0 Å². The van der Waals surface area contributed by atoms with Crippen molar-refractivity contribution < 1.29 is 33.4 Å². The quantitative estimate of drug-likeness (QED) is 0.251. The van der Waals surface area contributed by atoms with Gasteiger partial charge in [0.05, 0.1) is 13.2 Å². The number of hydrogen-bond donors (Lipinski definition) is 1. The Balaban J connectivity index is 1.49. The fourth-order valence-electron chi connectivity index (χ4n) is 3.47.